The maximum Gasteiger partial charge on any atom is 0.224 e. The van der Waals surface area contributed by atoms with Crippen LogP contribution in [-0.4, -0.2) is 32.2 Å². The summed E-state index contributed by atoms with van der Waals surface area (Å²) in [6, 6.07) is 11.4. The lowest BCUT2D eigenvalue weighted by atomic mass is 9.85. The van der Waals surface area contributed by atoms with Crippen LogP contribution in [0.1, 0.15) is 43.6 Å². The zero-order valence-corrected chi connectivity index (χ0v) is 19.1. The summed E-state index contributed by atoms with van der Waals surface area (Å²) in [5.41, 5.74) is 1.97. The van der Waals surface area contributed by atoms with Gasteiger partial charge in [0.1, 0.15) is 0 Å². The lowest BCUT2D eigenvalue weighted by molar-refractivity contribution is -0.126. The maximum absolute atomic E-state index is 12.5. The van der Waals surface area contributed by atoms with Crippen LogP contribution < -0.4 is 20.1 Å². The first kappa shape index (κ1) is 22.1. The van der Waals surface area contributed by atoms with Crippen LogP contribution in [-0.2, 0) is 4.79 Å². The van der Waals surface area contributed by atoms with Crippen LogP contribution in [0, 0.1) is 5.92 Å². The normalized spacial score (nSPS) is 21.6. The molecule has 2 atom stereocenters. The number of ether oxygens (including phenoxy) is 2. The standard InChI is InChI=1S/C24H28Cl2N2O3/c1-30-22-7-6-15(9-23(22)31-21-4-2-3-5-21)16-8-17(24(29)28-13-16)14-27-20-11-18(25)10-19(26)12-20/h6-7,9-12,16-17,21,27H,2-5,8,13-14H2,1H3,(H,28,29)/t16-,17+/m1/s1. The zero-order chi connectivity index (χ0) is 21.8. The number of carbonyl (C=O) groups is 1. The molecule has 7 heteroatoms. The Hall–Kier alpha value is -2.11. The summed E-state index contributed by atoms with van der Waals surface area (Å²) < 4.78 is 11.8. The van der Waals surface area contributed by atoms with Gasteiger partial charge < -0.3 is 20.1 Å². The van der Waals surface area contributed by atoms with Gasteiger partial charge in [0, 0.05) is 34.7 Å². The fourth-order valence-electron chi connectivity index (χ4n) is 4.45. The van der Waals surface area contributed by atoms with E-state index in [0.717, 1.165) is 42.0 Å². The molecule has 1 aliphatic heterocycles. The second kappa shape index (κ2) is 10.0. The molecule has 0 aromatic heterocycles. The van der Waals surface area contributed by atoms with Crippen LogP contribution in [0.2, 0.25) is 10.0 Å². The van der Waals surface area contributed by atoms with Crippen LogP contribution >= 0.6 is 23.2 Å². The van der Waals surface area contributed by atoms with Crippen molar-refractivity contribution in [2.45, 2.75) is 44.1 Å². The number of hydrogen-bond donors (Lipinski definition) is 2. The Balaban J connectivity index is 1.44. The van der Waals surface area contributed by atoms with Gasteiger partial charge in [0.25, 0.3) is 0 Å². The van der Waals surface area contributed by atoms with Crippen LogP contribution in [0.3, 0.4) is 0 Å². The number of hydrogen-bond acceptors (Lipinski definition) is 4. The summed E-state index contributed by atoms with van der Waals surface area (Å²) in [6.07, 6.45) is 5.63. The Morgan fingerprint density at radius 3 is 2.52 bits per heavy atom. The van der Waals surface area contributed by atoms with Gasteiger partial charge in [-0.1, -0.05) is 29.3 Å². The fraction of sp³-hybridized carbons (Fsp3) is 0.458. The zero-order valence-electron chi connectivity index (χ0n) is 17.6. The third-order valence-corrected chi connectivity index (χ3v) is 6.57. The molecule has 1 aliphatic carbocycles. The maximum atomic E-state index is 12.5. The largest absolute Gasteiger partial charge is 0.493 e. The van der Waals surface area contributed by atoms with Crippen molar-refractivity contribution in [1.29, 1.82) is 0 Å². The first-order chi connectivity index (χ1) is 15.0. The number of halogens is 2. The molecule has 31 heavy (non-hydrogen) atoms. The van der Waals surface area contributed by atoms with E-state index in [1.807, 2.05) is 18.2 Å². The van der Waals surface area contributed by atoms with Gasteiger partial charge in [0.05, 0.1) is 19.1 Å². The minimum Gasteiger partial charge on any atom is -0.493 e. The molecule has 166 valence electrons. The molecule has 1 saturated heterocycles. The van der Waals surface area contributed by atoms with Crippen molar-refractivity contribution in [2.24, 2.45) is 5.92 Å². The van der Waals surface area contributed by atoms with E-state index in [4.69, 9.17) is 32.7 Å². The summed E-state index contributed by atoms with van der Waals surface area (Å²) in [6.45, 7) is 1.13. The third kappa shape index (κ3) is 5.58. The molecule has 4 rings (SSSR count). The highest BCUT2D eigenvalue weighted by atomic mass is 35.5. The predicted octanol–water partition coefficient (Wildman–Crippen LogP) is 5.66. The minimum absolute atomic E-state index is 0.0628. The molecule has 2 aliphatic rings. The average molecular weight is 463 g/mol. The van der Waals surface area contributed by atoms with Gasteiger partial charge in [-0.25, -0.2) is 0 Å². The van der Waals surface area contributed by atoms with Crippen LogP contribution in [0.25, 0.3) is 0 Å². The molecule has 0 radical (unpaired) electrons. The van der Waals surface area contributed by atoms with E-state index in [1.165, 1.54) is 12.8 Å². The van der Waals surface area contributed by atoms with E-state index < -0.39 is 0 Å². The molecule has 0 spiro atoms. The number of rotatable bonds is 7. The van der Waals surface area contributed by atoms with Gasteiger partial charge in [-0.05, 0) is 68.0 Å². The van der Waals surface area contributed by atoms with Crippen molar-refractivity contribution in [3.05, 3.63) is 52.0 Å². The van der Waals surface area contributed by atoms with Gasteiger partial charge in [0.2, 0.25) is 5.91 Å². The molecular weight excluding hydrogens is 435 g/mol. The Bertz CT molecular complexity index is 911. The number of piperidine rings is 1. The highest BCUT2D eigenvalue weighted by Crippen LogP contribution is 2.36. The van der Waals surface area contributed by atoms with Crippen LogP contribution in [0.15, 0.2) is 36.4 Å². The van der Waals surface area contributed by atoms with Gasteiger partial charge >= 0.3 is 0 Å². The SMILES string of the molecule is COc1ccc([C@H]2CNC(=O)[C@H](CNc3cc(Cl)cc(Cl)c3)C2)cc1OC1CCCC1. The number of anilines is 1. The topological polar surface area (TPSA) is 59.6 Å². The van der Waals surface area contributed by atoms with E-state index in [9.17, 15) is 4.79 Å². The van der Waals surface area contributed by atoms with Crippen molar-refractivity contribution >= 4 is 34.8 Å². The Kier molecular flexibility index (Phi) is 7.13. The summed E-state index contributed by atoms with van der Waals surface area (Å²) in [4.78, 5) is 12.5. The van der Waals surface area contributed by atoms with Gasteiger partial charge in [-0.2, -0.15) is 0 Å². The van der Waals surface area contributed by atoms with Crippen LogP contribution in [0.4, 0.5) is 5.69 Å². The summed E-state index contributed by atoms with van der Waals surface area (Å²) in [7, 11) is 1.67. The van der Waals surface area contributed by atoms with E-state index in [0.29, 0.717) is 23.1 Å². The number of nitrogens with one attached hydrogen (secondary N) is 2. The fourth-order valence-corrected chi connectivity index (χ4v) is 4.98. The molecule has 5 nitrogen and oxygen atoms in total. The van der Waals surface area contributed by atoms with Crippen molar-refractivity contribution in [3.63, 3.8) is 0 Å². The van der Waals surface area contributed by atoms with Gasteiger partial charge in [0.15, 0.2) is 11.5 Å². The molecule has 0 unspecified atom stereocenters. The summed E-state index contributed by atoms with van der Waals surface area (Å²) in [5.74, 6) is 1.67. The molecule has 2 aromatic rings. The molecule has 1 amide bonds. The Labute approximate surface area is 193 Å². The predicted molar refractivity (Wildman–Crippen MR) is 125 cm³/mol. The van der Waals surface area contributed by atoms with E-state index >= 15 is 0 Å². The van der Waals surface area contributed by atoms with E-state index in [1.54, 1.807) is 13.2 Å². The number of benzene rings is 2. The quantitative estimate of drug-likeness (QED) is 0.557. The highest BCUT2D eigenvalue weighted by Gasteiger charge is 2.30. The van der Waals surface area contributed by atoms with Gasteiger partial charge in [-0.3, -0.25) is 4.79 Å². The second-order valence-electron chi connectivity index (χ2n) is 8.35. The molecule has 1 saturated carbocycles. The molecule has 2 aromatic carbocycles. The number of carbonyl (C=O) groups excluding carboxylic acids is 1. The van der Waals surface area contributed by atoms with Crippen molar-refractivity contribution < 1.29 is 14.3 Å². The number of methoxy groups -OCH3 is 1. The van der Waals surface area contributed by atoms with Crippen LogP contribution in [0.5, 0.6) is 11.5 Å². The Morgan fingerprint density at radius 2 is 1.81 bits per heavy atom. The first-order valence-electron chi connectivity index (χ1n) is 10.8. The Morgan fingerprint density at radius 1 is 1.06 bits per heavy atom. The van der Waals surface area contributed by atoms with Gasteiger partial charge in [-0.15, -0.1) is 0 Å². The molecular formula is C24H28Cl2N2O3. The van der Waals surface area contributed by atoms with Crippen molar-refractivity contribution in [3.8, 4) is 11.5 Å². The van der Waals surface area contributed by atoms with Crippen molar-refractivity contribution in [2.75, 3.05) is 25.5 Å². The molecule has 2 N–H and O–H groups in total. The second-order valence-corrected chi connectivity index (χ2v) is 9.22. The molecule has 2 fully saturated rings. The monoisotopic (exact) mass is 462 g/mol. The molecule has 1 heterocycles. The lowest BCUT2D eigenvalue weighted by Gasteiger charge is -2.30. The summed E-state index contributed by atoms with van der Waals surface area (Å²) >= 11 is 12.2. The first-order valence-corrected chi connectivity index (χ1v) is 11.6. The highest BCUT2D eigenvalue weighted by molar-refractivity contribution is 6.35. The third-order valence-electron chi connectivity index (χ3n) is 6.13. The van der Waals surface area contributed by atoms with Crippen molar-refractivity contribution in [1.82, 2.24) is 5.32 Å². The smallest absolute Gasteiger partial charge is 0.224 e. The number of amides is 1. The summed E-state index contributed by atoms with van der Waals surface area (Å²) in [5, 5.41) is 7.49. The lowest BCUT2D eigenvalue weighted by Crippen LogP contribution is -2.43. The minimum atomic E-state index is -0.155. The van der Waals surface area contributed by atoms with E-state index in [-0.39, 0.29) is 23.8 Å². The molecule has 0 bridgehead atoms. The average Bonchev–Trinajstić information content (AvgIpc) is 3.25. The van der Waals surface area contributed by atoms with E-state index in [2.05, 4.69) is 22.8 Å².